The third-order valence-corrected chi connectivity index (χ3v) is 6.21. The molecule has 2 heterocycles. The van der Waals surface area contributed by atoms with E-state index >= 15 is 0 Å². The Bertz CT molecular complexity index is 1400. The van der Waals surface area contributed by atoms with Gasteiger partial charge in [0.05, 0.1) is 13.2 Å². The van der Waals surface area contributed by atoms with Crippen LogP contribution in [0.4, 0.5) is 0 Å². The highest BCUT2D eigenvalue weighted by Gasteiger charge is 2.15. The molecule has 0 spiro atoms. The molecule has 0 aliphatic carbocycles. The van der Waals surface area contributed by atoms with Gasteiger partial charge in [-0.3, -0.25) is 9.97 Å². The number of benzene rings is 2. The fraction of sp³-hybridized carbons (Fsp3) is 0.133. The molecular weight excluding hydrogens is 531 g/mol. The normalized spacial score (nSPS) is 11.8. The Balaban J connectivity index is 1.66. The Kier molecular flexibility index (Phi) is 9.80. The van der Waals surface area contributed by atoms with Gasteiger partial charge in [-0.15, -0.1) is 0 Å². The predicted molar refractivity (Wildman–Crippen MR) is 154 cm³/mol. The molecule has 2 aromatic carbocycles. The summed E-state index contributed by atoms with van der Waals surface area (Å²) in [6.45, 7) is 4.40. The Morgan fingerprint density at radius 2 is 1.20 bits per heavy atom. The number of aromatic hydroxyl groups is 2. The van der Waals surface area contributed by atoms with Crippen molar-refractivity contribution in [2.75, 3.05) is 13.2 Å². The largest absolute Gasteiger partial charge is 0.504 e. The van der Waals surface area contributed by atoms with E-state index < -0.39 is 8.25 Å². The molecule has 0 unspecified atom stereocenters. The van der Waals surface area contributed by atoms with E-state index in [0.717, 1.165) is 0 Å². The highest BCUT2D eigenvalue weighted by atomic mass is 31.1. The van der Waals surface area contributed by atoms with Crippen LogP contribution in [0.5, 0.6) is 23.0 Å². The zero-order valence-electron chi connectivity index (χ0n) is 22.0. The van der Waals surface area contributed by atoms with Crippen LogP contribution in [0, 0.1) is 0 Å². The Hall–Kier alpha value is -4.75. The highest BCUT2D eigenvalue weighted by Crippen LogP contribution is 2.40. The summed E-state index contributed by atoms with van der Waals surface area (Å²) in [6.07, 6.45) is 9.71. The number of hydrogen-bond donors (Lipinski definition) is 2. The lowest BCUT2D eigenvalue weighted by Gasteiger charge is -2.14. The molecule has 2 N–H and O–H groups in total. The number of phenols is 2. The van der Waals surface area contributed by atoms with Gasteiger partial charge in [-0.1, -0.05) is 12.1 Å². The first kappa shape index (κ1) is 28.3. The number of phenolic OH excluding ortho intramolecular Hbond substituents is 2. The molecule has 206 valence electrons. The Morgan fingerprint density at radius 3 is 1.57 bits per heavy atom. The standard InChI is InChI=1S/C30H29N2O7P/c1-3-36-29-17-21(9-11-25(29)33)15-27(23-7-5-13-31-19-23)38-40(35)39-28(24-8-6-14-32-20-24)16-22-10-12-26(34)30(18-22)37-4-2/h5-20,33-34,40H,3-4H2,1-2H3/b27-15+,28-16+. The second-order valence-electron chi connectivity index (χ2n) is 8.28. The summed E-state index contributed by atoms with van der Waals surface area (Å²) in [7, 11) is -3.18. The second-order valence-corrected chi connectivity index (χ2v) is 9.18. The molecule has 0 bridgehead atoms. The molecule has 0 saturated carbocycles. The van der Waals surface area contributed by atoms with Crippen molar-refractivity contribution in [2.24, 2.45) is 0 Å². The Labute approximate surface area is 233 Å². The van der Waals surface area contributed by atoms with Crippen molar-refractivity contribution in [3.05, 3.63) is 108 Å². The fourth-order valence-electron chi connectivity index (χ4n) is 3.65. The predicted octanol–water partition coefficient (Wildman–Crippen LogP) is 6.80. The first-order valence-electron chi connectivity index (χ1n) is 12.5. The summed E-state index contributed by atoms with van der Waals surface area (Å²) in [5, 5.41) is 20.1. The van der Waals surface area contributed by atoms with E-state index in [-0.39, 0.29) is 23.0 Å². The number of hydrogen-bond acceptors (Lipinski definition) is 9. The minimum Gasteiger partial charge on any atom is -0.504 e. The highest BCUT2D eigenvalue weighted by molar-refractivity contribution is 7.34. The Morgan fingerprint density at radius 1 is 0.750 bits per heavy atom. The molecule has 2 aromatic heterocycles. The maximum absolute atomic E-state index is 13.3. The smallest absolute Gasteiger partial charge is 0.419 e. The zero-order valence-corrected chi connectivity index (χ0v) is 23.0. The van der Waals surface area contributed by atoms with Crippen molar-refractivity contribution >= 4 is 31.9 Å². The average molecular weight is 561 g/mol. The summed E-state index contributed by atoms with van der Waals surface area (Å²) in [4.78, 5) is 8.28. The lowest BCUT2D eigenvalue weighted by atomic mass is 10.1. The fourth-order valence-corrected chi connectivity index (χ4v) is 4.40. The minimum atomic E-state index is -3.18. The van der Waals surface area contributed by atoms with Crippen LogP contribution in [-0.4, -0.2) is 33.4 Å². The molecule has 0 fully saturated rings. The van der Waals surface area contributed by atoms with Gasteiger partial charge >= 0.3 is 8.25 Å². The molecule has 0 aliphatic rings. The third kappa shape index (κ3) is 7.65. The topological polar surface area (TPSA) is 120 Å². The van der Waals surface area contributed by atoms with Gasteiger partial charge in [0.15, 0.2) is 23.0 Å². The molecule has 0 radical (unpaired) electrons. The summed E-state index contributed by atoms with van der Waals surface area (Å²) in [5.41, 5.74) is 2.43. The van der Waals surface area contributed by atoms with Gasteiger partial charge < -0.3 is 28.7 Å². The van der Waals surface area contributed by atoms with Gasteiger partial charge in [0, 0.05) is 35.9 Å². The van der Waals surface area contributed by atoms with Crippen molar-refractivity contribution in [1.82, 2.24) is 9.97 Å². The number of rotatable bonds is 12. The van der Waals surface area contributed by atoms with E-state index in [1.54, 1.807) is 85.5 Å². The molecule has 0 atom stereocenters. The van der Waals surface area contributed by atoms with E-state index in [4.69, 9.17) is 18.5 Å². The molecule has 0 aliphatic heterocycles. The molecule has 4 aromatic rings. The SMILES string of the molecule is CCOc1cc(/C=C(/O[PH](=O)O/C(=C/c2ccc(O)c(OCC)c2)c2cccnc2)c2cccnc2)ccc1O. The molecule has 4 rings (SSSR count). The van der Waals surface area contributed by atoms with E-state index in [2.05, 4.69) is 9.97 Å². The minimum absolute atomic E-state index is 0.00716. The van der Waals surface area contributed by atoms with Crippen LogP contribution in [0.3, 0.4) is 0 Å². The van der Waals surface area contributed by atoms with Crippen molar-refractivity contribution in [3.8, 4) is 23.0 Å². The first-order valence-corrected chi connectivity index (χ1v) is 13.7. The molecule has 40 heavy (non-hydrogen) atoms. The summed E-state index contributed by atoms with van der Waals surface area (Å²) >= 11 is 0. The average Bonchev–Trinajstić information content (AvgIpc) is 2.97. The van der Waals surface area contributed by atoms with E-state index in [1.807, 2.05) is 13.8 Å². The second kappa shape index (κ2) is 13.9. The van der Waals surface area contributed by atoms with Gasteiger partial charge in [-0.05, 0) is 85.7 Å². The van der Waals surface area contributed by atoms with Gasteiger partial charge in [0.1, 0.15) is 11.5 Å². The van der Waals surface area contributed by atoms with E-state index in [1.165, 1.54) is 12.1 Å². The molecule has 9 nitrogen and oxygen atoms in total. The van der Waals surface area contributed by atoms with Crippen LogP contribution >= 0.6 is 8.25 Å². The monoisotopic (exact) mass is 560 g/mol. The molecular formula is C30H29N2O7P. The van der Waals surface area contributed by atoms with Gasteiger partial charge in [-0.2, -0.15) is 0 Å². The summed E-state index contributed by atoms with van der Waals surface area (Å²) in [6, 6.07) is 16.7. The summed E-state index contributed by atoms with van der Waals surface area (Å²) < 4.78 is 36.0. The van der Waals surface area contributed by atoms with Crippen molar-refractivity contribution in [2.45, 2.75) is 13.8 Å². The maximum Gasteiger partial charge on any atom is 0.419 e. The van der Waals surface area contributed by atoms with Crippen LogP contribution in [-0.2, 0) is 13.6 Å². The van der Waals surface area contributed by atoms with Gasteiger partial charge in [0.2, 0.25) is 0 Å². The van der Waals surface area contributed by atoms with Gasteiger partial charge in [-0.25, -0.2) is 4.57 Å². The first-order chi connectivity index (χ1) is 19.5. The van der Waals surface area contributed by atoms with Crippen LogP contribution < -0.4 is 9.47 Å². The van der Waals surface area contributed by atoms with Crippen molar-refractivity contribution in [1.29, 1.82) is 0 Å². The number of nitrogens with zero attached hydrogens (tertiary/aromatic N) is 2. The molecule has 0 amide bonds. The van der Waals surface area contributed by atoms with E-state index in [0.29, 0.717) is 47.0 Å². The lowest BCUT2D eigenvalue weighted by Crippen LogP contribution is -1.94. The van der Waals surface area contributed by atoms with E-state index in [9.17, 15) is 14.8 Å². The van der Waals surface area contributed by atoms with Crippen LogP contribution in [0.25, 0.3) is 23.7 Å². The number of ether oxygens (including phenoxy) is 2. The zero-order chi connectivity index (χ0) is 28.3. The quantitative estimate of drug-likeness (QED) is 0.142. The number of pyridine rings is 2. The third-order valence-electron chi connectivity index (χ3n) is 5.44. The lowest BCUT2D eigenvalue weighted by molar-refractivity contribution is 0.318. The van der Waals surface area contributed by atoms with Crippen LogP contribution in [0.15, 0.2) is 85.5 Å². The van der Waals surface area contributed by atoms with Gasteiger partial charge in [0.25, 0.3) is 0 Å². The molecule has 10 heteroatoms. The van der Waals surface area contributed by atoms with Crippen molar-refractivity contribution in [3.63, 3.8) is 0 Å². The van der Waals surface area contributed by atoms with Crippen molar-refractivity contribution < 1.29 is 33.3 Å². The maximum atomic E-state index is 13.3. The summed E-state index contributed by atoms with van der Waals surface area (Å²) in [5.74, 6) is 1.14. The number of aromatic nitrogens is 2. The van der Waals surface area contributed by atoms with Crippen LogP contribution in [0.1, 0.15) is 36.1 Å². The molecule has 0 saturated heterocycles. The van der Waals surface area contributed by atoms with Crippen LogP contribution in [0.2, 0.25) is 0 Å².